The van der Waals surface area contributed by atoms with E-state index in [0.717, 1.165) is 17.9 Å². The summed E-state index contributed by atoms with van der Waals surface area (Å²) in [5.74, 6) is 0.764. The van der Waals surface area contributed by atoms with Crippen LogP contribution in [0.3, 0.4) is 0 Å². The second-order valence-electron chi connectivity index (χ2n) is 6.19. The minimum atomic E-state index is -0.530. The molecule has 1 aromatic carbocycles. The first-order chi connectivity index (χ1) is 9.88. The van der Waals surface area contributed by atoms with Crippen LogP contribution in [0.4, 0.5) is 0 Å². The fourth-order valence-electron chi connectivity index (χ4n) is 2.50. The minimum Gasteiger partial charge on any atom is -0.491 e. The van der Waals surface area contributed by atoms with Gasteiger partial charge in [-0.05, 0) is 44.5 Å². The Morgan fingerprint density at radius 3 is 2.90 bits per heavy atom. The second kappa shape index (κ2) is 6.97. The van der Waals surface area contributed by atoms with E-state index in [2.05, 4.69) is 18.7 Å². The first-order valence-electron chi connectivity index (χ1n) is 7.28. The molecule has 0 radical (unpaired) electrons. The van der Waals surface area contributed by atoms with Crippen LogP contribution in [0.2, 0.25) is 5.02 Å². The van der Waals surface area contributed by atoms with E-state index in [-0.39, 0.29) is 12.1 Å². The normalized spacial score (nSPS) is 20.2. The van der Waals surface area contributed by atoms with Gasteiger partial charge in [-0.15, -0.1) is 0 Å². The van der Waals surface area contributed by atoms with Crippen molar-refractivity contribution in [1.29, 1.82) is 0 Å². The Hall–Kier alpha value is -0.810. The van der Waals surface area contributed by atoms with E-state index in [1.165, 1.54) is 0 Å². The van der Waals surface area contributed by atoms with Gasteiger partial charge in [0.2, 0.25) is 0 Å². The highest BCUT2D eigenvalue weighted by molar-refractivity contribution is 6.30. The molecular weight excluding hydrogens is 290 g/mol. The van der Waals surface area contributed by atoms with Crippen LogP contribution in [0.15, 0.2) is 18.2 Å². The number of hydrogen-bond donors (Lipinski definition) is 1. The molecule has 4 nitrogen and oxygen atoms in total. The number of morpholine rings is 1. The number of benzene rings is 1. The summed E-state index contributed by atoms with van der Waals surface area (Å²) in [4.78, 5) is 2.25. The highest BCUT2D eigenvalue weighted by Crippen LogP contribution is 2.22. The lowest BCUT2D eigenvalue weighted by Crippen LogP contribution is -2.55. The zero-order valence-corrected chi connectivity index (χ0v) is 13.7. The van der Waals surface area contributed by atoms with E-state index in [0.29, 0.717) is 24.8 Å². The molecule has 1 N–H and O–H groups in total. The van der Waals surface area contributed by atoms with Gasteiger partial charge in [-0.25, -0.2) is 0 Å². The maximum absolute atomic E-state index is 10.2. The van der Waals surface area contributed by atoms with Crippen LogP contribution in [0.5, 0.6) is 5.75 Å². The van der Waals surface area contributed by atoms with Crippen LogP contribution in [0.1, 0.15) is 19.4 Å². The van der Waals surface area contributed by atoms with Crippen LogP contribution in [0.25, 0.3) is 0 Å². The van der Waals surface area contributed by atoms with E-state index >= 15 is 0 Å². The van der Waals surface area contributed by atoms with Crippen molar-refractivity contribution in [2.75, 3.05) is 32.9 Å². The van der Waals surface area contributed by atoms with E-state index in [1.54, 1.807) is 6.07 Å². The smallest absolute Gasteiger partial charge is 0.122 e. The molecule has 1 aromatic rings. The molecule has 0 aliphatic carbocycles. The van der Waals surface area contributed by atoms with Crippen LogP contribution in [0, 0.1) is 6.92 Å². The van der Waals surface area contributed by atoms with Gasteiger partial charge in [0, 0.05) is 23.7 Å². The summed E-state index contributed by atoms with van der Waals surface area (Å²) >= 11 is 5.92. The summed E-state index contributed by atoms with van der Waals surface area (Å²) in [5, 5.41) is 10.9. The predicted molar refractivity (Wildman–Crippen MR) is 84.2 cm³/mol. The number of nitrogens with zero attached hydrogens (tertiary/aromatic N) is 1. The van der Waals surface area contributed by atoms with Gasteiger partial charge in [-0.3, -0.25) is 4.90 Å². The summed E-state index contributed by atoms with van der Waals surface area (Å²) in [6, 6.07) is 5.48. The molecule has 21 heavy (non-hydrogen) atoms. The summed E-state index contributed by atoms with van der Waals surface area (Å²) in [6.45, 7) is 9.30. The largest absolute Gasteiger partial charge is 0.491 e. The summed E-state index contributed by atoms with van der Waals surface area (Å²) in [5.41, 5.74) is 0.927. The second-order valence-corrected chi connectivity index (χ2v) is 6.62. The van der Waals surface area contributed by atoms with Crippen molar-refractivity contribution in [3.8, 4) is 5.75 Å². The Labute approximate surface area is 131 Å². The van der Waals surface area contributed by atoms with Crippen LogP contribution in [-0.4, -0.2) is 54.6 Å². The number of β-amino-alcohol motifs (C(OH)–C–C–N with tert-alkyl or cyclic N) is 1. The van der Waals surface area contributed by atoms with Crippen molar-refractivity contribution < 1.29 is 14.6 Å². The van der Waals surface area contributed by atoms with Crippen molar-refractivity contribution in [2.45, 2.75) is 32.4 Å². The highest BCUT2D eigenvalue weighted by atomic mass is 35.5. The number of rotatable bonds is 5. The fourth-order valence-corrected chi connectivity index (χ4v) is 2.72. The standard InChI is InChI=1S/C16H24ClNO3/c1-12-8-13(17)4-5-15(12)21-10-14(19)9-18-6-7-20-11-16(18,2)3/h4-5,8,14,19H,6-7,9-11H2,1-3H3. The molecule has 1 unspecified atom stereocenters. The Morgan fingerprint density at radius 1 is 1.48 bits per heavy atom. The van der Waals surface area contributed by atoms with E-state index in [4.69, 9.17) is 21.1 Å². The highest BCUT2D eigenvalue weighted by Gasteiger charge is 2.31. The summed E-state index contributed by atoms with van der Waals surface area (Å²) < 4.78 is 11.2. The van der Waals surface area contributed by atoms with Gasteiger partial charge in [0.25, 0.3) is 0 Å². The van der Waals surface area contributed by atoms with Gasteiger partial charge >= 0.3 is 0 Å². The molecule has 118 valence electrons. The minimum absolute atomic E-state index is 0.0462. The number of hydrogen-bond acceptors (Lipinski definition) is 4. The molecule has 0 amide bonds. The van der Waals surface area contributed by atoms with Gasteiger partial charge in [-0.2, -0.15) is 0 Å². The van der Waals surface area contributed by atoms with E-state index in [1.807, 2.05) is 19.1 Å². The zero-order valence-electron chi connectivity index (χ0n) is 12.9. The van der Waals surface area contributed by atoms with Crippen LogP contribution < -0.4 is 4.74 Å². The Balaban J connectivity index is 1.85. The summed E-state index contributed by atoms with van der Waals surface area (Å²) in [6.07, 6.45) is -0.530. The third-order valence-electron chi connectivity index (χ3n) is 3.82. The molecule has 1 aliphatic rings. The van der Waals surface area contributed by atoms with Crippen LogP contribution >= 0.6 is 11.6 Å². The van der Waals surface area contributed by atoms with Crippen molar-refractivity contribution >= 4 is 11.6 Å². The maximum Gasteiger partial charge on any atom is 0.122 e. The van der Waals surface area contributed by atoms with Crippen LogP contribution in [-0.2, 0) is 4.74 Å². The quantitative estimate of drug-likeness (QED) is 0.907. The zero-order chi connectivity index (χ0) is 15.5. The molecule has 1 fully saturated rings. The van der Waals surface area contributed by atoms with Gasteiger partial charge in [0.1, 0.15) is 18.5 Å². The molecule has 1 heterocycles. The summed E-state index contributed by atoms with van der Waals surface area (Å²) in [7, 11) is 0. The average molecular weight is 314 g/mol. The lowest BCUT2D eigenvalue weighted by Gasteiger charge is -2.42. The molecule has 1 aliphatic heterocycles. The monoisotopic (exact) mass is 313 g/mol. The van der Waals surface area contributed by atoms with Gasteiger partial charge in [-0.1, -0.05) is 11.6 Å². The fraction of sp³-hybridized carbons (Fsp3) is 0.625. The third-order valence-corrected chi connectivity index (χ3v) is 4.05. The molecule has 2 rings (SSSR count). The molecule has 5 heteroatoms. The van der Waals surface area contributed by atoms with Crippen molar-refractivity contribution in [3.63, 3.8) is 0 Å². The molecule has 0 saturated carbocycles. The molecule has 0 spiro atoms. The number of aliphatic hydroxyl groups excluding tert-OH is 1. The van der Waals surface area contributed by atoms with Crippen molar-refractivity contribution in [2.24, 2.45) is 0 Å². The molecule has 1 atom stereocenters. The Kier molecular flexibility index (Phi) is 5.49. The Morgan fingerprint density at radius 2 is 2.24 bits per heavy atom. The van der Waals surface area contributed by atoms with Crippen molar-refractivity contribution in [3.05, 3.63) is 28.8 Å². The topological polar surface area (TPSA) is 41.9 Å². The average Bonchev–Trinajstić information content (AvgIpc) is 2.40. The third kappa shape index (κ3) is 4.58. The number of halogens is 1. The molecule has 0 aromatic heterocycles. The molecular formula is C16H24ClNO3. The van der Waals surface area contributed by atoms with E-state index < -0.39 is 6.10 Å². The lowest BCUT2D eigenvalue weighted by atomic mass is 10.0. The SMILES string of the molecule is Cc1cc(Cl)ccc1OCC(O)CN1CCOCC1(C)C. The van der Waals surface area contributed by atoms with Gasteiger partial charge in [0.05, 0.1) is 13.2 Å². The maximum atomic E-state index is 10.2. The number of ether oxygens (including phenoxy) is 2. The van der Waals surface area contributed by atoms with Crippen molar-refractivity contribution in [1.82, 2.24) is 4.90 Å². The lowest BCUT2D eigenvalue weighted by molar-refractivity contribution is -0.0703. The predicted octanol–water partition coefficient (Wildman–Crippen LogP) is 2.50. The first-order valence-corrected chi connectivity index (χ1v) is 7.66. The van der Waals surface area contributed by atoms with E-state index in [9.17, 15) is 5.11 Å². The number of aryl methyl sites for hydroxylation is 1. The Bertz CT molecular complexity index is 479. The van der Waals surface area contributed by atoms with Gasteiger partial charge in [0.15, 0.2) is 0 Å². The first kappa shape index (κ1) is 16.6. The van der Waals surface area contributed by atoms with Gasteiger partial charge < -0.3 is 14.6 Å². The molecule has 0 bridgehead atoms. The number of aliphatic hydroxyl groups is 1. The molecule has 1 saturated heterocycles.